The lowest BCUT2D eigenvalue weighted by atomic mass is 9.69. The number of allylic oxidation sites excluding steroid dienone is 4. The van der Waals surface area contributed by atoms with Crippen molar-refractivity contribution < 1.29 is 14.7 Å². The molecule has 0 radical (unpaired) electrons. The van der Waals surface area contributed by atoms with Crippen LogP contribution in [0.4, 0.5) is 0 Å². The second kappa shape index (κ2) is 7.48. The first-order chi connectivity index (χ1) is 11.9. The third-order valence-electron chi connectivity index (χ3n) is 6.84. The Balaban J connectivity index is 1.95. The lowest BCUT2D eigenvalue weighted by Crippen LogP contribution is -2.45. The molecule has 0 aromatic heterocycles. The number of hydrogen-bond donors (Lipinski definition) is 1. The van der Waals surface area contributed by atoms with Gasteiger partial charge in [0.1, 0.15) is 5.60 Å². The maximum absolute atomic E-state index is 12.4. The number of carbonyl (C=O) groups is 2. The standard InChI is InChI=1S/C21H29BrO3/c1-13-9-10-21(25,20(24)12-22)14(2)3-6-19-17(13)7-4-15-11-16(23)5-8-18(15)19/h11,13-14,17,25H,3-10,12H2,1-2H3/t13?,14?,17?,21-/m1/s1. The minimum Gasteiger partial charge on any atom is -0.382 e. The summed E-state index contributed by atoms with van der Waals surface area (Å²) in [6.45, 7) is 4.28. The van der Waals surface area contributed by atoms with Crippen molar-refractivity contribution in [1.29, 1.82) is 0 Å². The van der Waals surface area contributed by atoms with E-state index in [2.05, 4.69) is 22.9 Å². The largest absolute Gasteiger partial charge is 0.382 e. The topological polar surface area (TPSA) is 54.4 Å². The summed E-state index contributed by atoms with van der Waals surface area (Å²) in [6, 6.07) is 0. The predicted octanol–water partition coefficient (Wildman–Crippen LogP) is 4.52. The molecule has 0 aliphatic heterocycles. The summed E-state index contributed by atoms with van der Waals surface area (Å²) < 4.78 is 0. The van der Waals surface area contributed by atoms with Crippen molar-refractivity contribution in [2.75, 3.05) is 5.33 Å². The van der Waals surface area contributed by atoms with Gasteiger partial charge in [0.15, 0.2) is 11.6 Å². The second-order valence-electron chi connectivity index (χ2n) is 8.22. The smallest absolute Gasteiger partial charge is 0.175 e. The molecule has 4 atom stereocenters. The number of ketones is 2. The van der Waals surface area contributed by atoms with E-state index >= 15 is 0 Å². The summed E-state index contributed by atoms with van der Waals surface area (Å²) in [5.74, 6) is 1.13. The second-order valence-corrected chi connectivity index (χ2v) is 8.78. The SMILES string of the molecule is CC1CC[C@](O)(C(=O)CBr)C(C)CCC2=C3CCC(=O)C=C3CCC21. The molecule has 3 aliphatic rings. The summed E-state index contributed by atoms with van der Waals surface area (Å²) in [7, 11) is 0. The number of alkyl halides is 1. The van der Waals surface area contributed by atoms with Crippen LogP contribution >= 0.6 is 15.9 Å². The molecule has 3 nitrogen and oxygen atoms in total. The number of rotatable bonds is 2. The summed E-state index contributed by atoms with van der Waals surface area (Å²) in [4.78, 5) is 24.2. The number of Topliss-reactive ketones (excluding diaryl/α,β-unsaturated/α-hetero) is 1. The van der Waals surface area contributed by atoms with Crippen LogP contribution in [0.3, 0.4) is 0 Å². The van der Waals surface area contributed by atoms with Crippen LogP contribution in [0.2, 0.25) is 0 Å². The normalized spacial score (nSPS) is 36.6. The monoisotopic (exact) mass is 408 g/mol. The van der Waals surface area contributed by atoms with Gasteiger partial charge in [0.05, 0.1) is 5.33 Å². The van der Waals surface area contributed by atoms with Gasteiger partial charge in [-0.05, 0) is 79.9 Å². The van der Waals surface area contributed by atoms with Crippen LogP contribution in [0.25, 0.3) is 0 Å². The molecule has 138 valence electrons. The van der Waals surface area contributed by atoms with Crippen molar-refractivity contribution in [1.82, 2.24) is 0 Å². The van der Waals surface area contributed by atoms with Crippen molar-refractivity contribution in [3.05, 3.63) is 22.8 Å². The average Bonchev–Trinajstić information content (AvgIpc) is 2.65. The molecule has 0 bridgehead atoms. The van der Waals surface area contributed by atoms with Crippen LogP contribution in [-0.4, -0.2) is 27.6 Å². The maximum atomic E-state index is 12.4. The first-order valence-electron chi connectivity index (χ1n) is 9.64. The summed E-state index contributed by atoms with van der Waals surface area (Å²) in [5.41, 5.74) is 2.98. The van der Waals surface area contributed by atoms with Crippen LogP contribution in [-0.2, 0) is 9.59 Å². The molecule has 3 unspecified atom stereocenters. The Morgan fingerprint density at radius 1 is 1.20 bits per heavy atom. The lowest BCUT2D eigenvalue weighted by molar-refractivity contribution is -0.141. The third kappa shape index (κ3) is 3.57. The molecule has 0 spiro atoms. The van der Waals surface area contributed by atoms with Gasteiger partial charge in [-0.15, -0.1) is 0 Å². The van der Waals surface area contributed by atoms with E-state index in [1.54, 1.807) is 0 Å². The van der Waals surface area contributed by atoms with Crippen molar-refractivity contribution in [3.8, 4) is 0 Å². The number of halogens is 1. The minimum atomic E-state index is -1.21. The van der Waals surface area contributed by atoms with Gasteiger partial charge in [-0.2, -0.15) is 0 Å². The van der Waals surface area contributed by atoms with Crippen LogP contribution in [0, 0.1) is 17.8 Å². The van der Waals surface area contributed by atoms with E-state index in [4.69, 9.17) is 0 Å². The Morgan fingerprint density at radius 3 is 2.68 bits per heavy atom. The Labute approximate surface area is 159 Å². The molecular formula is C21H29BrO3. The van der Waals surface area contributed by atoms with Crippen LogP contribution < -0.4 is 0 Å². The molecule has 0 heterocycles. The molecule has 0 aromatic rings. The molecule has 4 heteroatoms. The quantitative estimate of drug-likeness (QED) is 0.683. The van der Waals surface area contributed by atoms with Crippen LogP contribution in [0.5, 0.6) is 0 Å². The molecule has 25 heavy (non-hydrogen) atoms. The summed E-state index contributed by atoms with van der Waals surface area (Å²) in [5, 5.41) is 11.3. The first-order valence-corrected chi connectivity index (χ1v) is 10.8. The molecule has 0 amide bonds. The highest BCUT2D eigenvalue weighted by Gasteiger charge is 2.43. The fraction of sp³-hybridized carbons (Fsp3) is 0.714. The number of carbonyl (C=O) groups excluding carboxylic acids is 2. The Kier molecular flexibility index (Phi) is 5.69. The molecule has 1 fully saturated rings. The van der Waals surface area contributed by atoms with Crippen molar-refractivity contribution >= 4 is 27.5 Å². The molecule has 3 aliphatic carbocycles. The van der Waals surface area contributed by atoms with Gasteiger partial charge >= 0.3 is 0 Å². The third-order valence-corrected chi connectivity index (χ3v) is 7.35. The van der Waals surface area contributed by atoms with Gasteiger partial charge in [-0.3, -0.25) is 9.59 Å². The number of aliphatic hydroxyl groups is 1. The molecule has 3 rings (SSSR count). The van der Waals surface area contributed by atoms with Gasteiger partial charge in [0.25, 0.3) is 0 Å². The minimum absolute atomic E-state index is 0.0452. The average molecular weight is 409 g/mol. The molecule has 0 aromatic carbocycles. The van der Waals surface area contributed by atoms with Crippen molar-refractivity contribution in [2.45, 2.75) is 70.8 Å². The molecule has 1 saturated carbocycles. The fourth-order valence-corrected chi connectivity index (χ4v) is 5.55. The lowest BCUT2D eigenvalue weighted by Gasteiger charge is -2.35. The van der Waals surface area contributed by atoms with E-state index in [1.165, 1.54) is 16.7 Å². The fourth-order valence-electron chi connectivity index (χ4n) is 5.06. The zero-order chi connectivity index (χ0) is 18.2. The number of hydrogen-bond acceptors (Lipinski definition) is 3. The van der Waals surface area contributed by atoms with E-state index in [0.717, 1.165) is 38.5 Å². The van der Waals surface area contributed by atoms with E-state index in [0.29, 0.717) is 24.7 Å². The first kappa shape index (κ1) is 19.0. The zero-order valence-corrected chi connectivity index (χ0v) is 16.9. The van der Waals surface area contributed by atoms with Gasteiger partial charge in [0, 0.05) is 6.42 Å². The van der Waals surface area contributed by atoms with Crippen molar-refractivity contribution in [2.24, 2.45) is 17.8 Å². The Bertz CT molecular complexity index is 633. The highest BCUT2D eigenvalue weighted by molar-refractivity contribution is 9.09. The highest BCUT2D eigenvalue weighted by atomic mass is 79.9. The molecule has 0 saturated heterocycles. The van der Waals surface area contributed by atoms with Crippen LogP contribution in [0.15, 0.2) is 22.8 Å². The highest BCUT2D eigenvalue weighted by Crippen LogP contribution is 2.47. The van der Waals surface area contributed by atoms with E-state index in [9.17, 15) is 14.7 Å². The van der Waals surface area contributed by atoms with E-state index < -0.39 is 5.60 Å². The van der Waals surface area contributed by atoms with Crippen LogP contribution in [0.1, 0.15) is 65.2 Å². The van der Waals surface area contributed by atoms with E-state index in [1.807, 2.05) is 13.0 Å². The summed E-state index contributed by atoms with van der Waals surface area (Å²) >= 11 is 3.25. The number of fused-ring (bicyclic) bond motifs is 2. The Morgan fingerprint density at radius 2 is 1.96 bits per heavy atom. The van der Waals surface area contributed by atoms with Gasteiger partial charge in [0.2, 0.25) is 0 Å². The van der Waals surface area contributed by atoms with Gasteiger partial charge in [-0.1, -0.05) is 35.4 Å². The van der Waals surface area contributed by atoms with Gasteiger partial charge < -0.3 is 5.11 Å². The van der Waals surface area contributed by atoms with Crippen molar-refractivity contribution in [3.63, 3.8) is 0 Å². The Hall–Kier alpha value is -0.740. The zero-order valence-electron chi connectivity index (χ0n) is 15.3. The molecular weight excluding hydrogens is 380 g/mol. The summed E-state index contributed by atoms with van der Waals surface area (Å²) in [6.07, 6.45) is 8.67. The maximum Gasteiger partial charge on any atom is 0.175 e. The van der Waals surface area contributed by atoms with E-state index in [-0.39, 0.29) is 22.8 Å². The molecule has 1 N–H and O–H groups in total. The predicted molar refractivity (Wildman–Crippen MR) is 103 cm³/mol. The van der Waals surface area contributed by atoms with Gasteiger partial charge in [-0.25, -0.2) is 0 Å².